The second-order valence-electron chi connectivity index (χ2n) is 5.38. The highest BCUT2D eigenvalue weighted by Gasteiger charge is 2.22. The summed E-state index contributed by atoms with van der Waals surface area (Å²) in [6.45, 7) is -0.385. The molecule has 1 N–H and O–H groups in total. The molecule has 0 unspecified atom stereocenters. The van der Waals surface area contributed by atoms with E-state index in [0.29, 0.717) is 0 Å². The smallest absolute Gasteiger partial charge is 0.323 e. The number of sulfone groups is 1. The molecule has 0 saturated carbocycles. The van der Waals surface area contributed by atoms with Gasteiger partial charge in [0.1, 0.15) is 18.1 Å². The molecule has 2 aromatic rings. The maximum atomic E-state index is 12.5. The molecule has 1 aromatic carbocycles. The van der Waals surface area contributed by atoms with Crippen LogP contribution in [0, 0.1) is 0 Å². The summed E-state index contributed by atoms with van der Waals surface area (Å²) >= 11 is 0. The maximum Gasteiger partial charge on any atom is 0.323 e. The van der Waals surface area contributed by atoms with E-state index in [2.05, 4.69) is 0 Å². The number of benzene rings is 1. The molecule has 0 fully saturated rings. The number of carboxylic acids is 1. The highest BCUT2D eigenvalue weighted by molar-refractivity contribution is 7.89. The number of carbonyl (C=O) groups is 2. The van der Waals surface area contributed by atoms with E-state index in [0.717, 1.165) is 16.7 Å². The fraction of sp³-hybridized carbons (Fsp3) is 0.250. The van der Waals surface area contributed by atoms with Crippen molar-refractivity contribution in [1.82, 2.24) is 4.90 Å². The predicted octanol–water partition coefficient (Wildman–Crippen LogP) is 1.55. The monoisotopic (exact) mass is 351 g/mol. The number of carbonyl (C=O) groups excluding carboxylic acids is 1. The van der Waals surface area contributed by atoms with Crippen LogP contribution >= 0.6 is 0 Å². The van der Waals surface area contributed by atoms with Gasteiger partial charge in [-0.3, -0.25) is 9.59 Å². The molecule has 0 aliphatic carbocycles. The number of hydrogen-bond donors (Lipinski definition) is 1. The summed E-state index contributed by atoms with van der Waals surface area (Å²) in [5.41, 5.74) is 0.773. The zero-order chi connectivity index (χ0) is 17.7. The Bertz CT molecular complexity index is 825. The van der Waals surface area contributed by atoms with E-state index in [1.54, 1.807) is 24.3 Å². The summed E-state index contributed by atoms with van der Waals surface area (Å²) in [6.07, 6.45) is 1.06. The van der Waals surface area contributed by atoms with Gasteiger partial charge in [0, 0.05) is 12.8 Å². The summed E-state index contributed by atoms with van der Waals surface area (Å²) in [7, 11) is -3.29. The molecule has 0 saturated heterocycles. The van der Waals surface area contributed by atoms with E-state index in [1.165, 1.54) is 12.1 Å². The molecule has 0 aliphatic rings. The lowest BCUT2D eigenvalue weighted by atomic mass is 10.2. The summed E-state index contributed by atoms with van der Waals surface area (Å²) < 4.78 is 27.8. The van der Waals surface area contributed by atoms with Gasteiger partial charge in [-0.05, 0) is 17.7 Å². The lowest BCUT2D eigenvalue weighted by molar-refractivity contribution is -0.137. The van der Waals surface area contributed by atoms with E-state index in [-0.39, 0.29) is 23.8 Å². The molecule has 2 rings (SSSR count). The molecule has 1 aromatic heterocycles. The predicted molar refractivity (Wildman–Crippen MR) is 86.1 cm³/mol. The minimum Gasteiger partial charge on any atom is -0.480 e. The molecule has 8 heteroatoms. The van der Waals surface area contributed by atoms with Crippen LogP contribution in [0.15, 0.2) is 46.9 Å². The zero-order valence-electron chi connectivity index (χ0n) is 13.0. The average Bonchev–Trinajstić information content (AvgIpc) is 2.92. The molecule has 1 amide bonds. The van der Waals surface area contributed by atoms with Gasteiger partial charge in [0.2, 0.25) is 0 Å². The Balaban J connectivity index is 2.19. The fourth-order valence-corrected chi connectivity index (χ4v) is 2.82. The maximum absolute atomic E-state index is 12.5. The van der Waals surface area contributed by atoms with Crippen molar-refractivity contribution in [3.05, 3.63) is 59.5 Å². The molecule has 0 spiro atoms. The number of rotatable bonds is 7. The lowest BCUT2D eigenvalue weighted by Crippen LogP contribution is -2.35. The number of aliphatic carboxylic acids is 1. The first kappa shape index (κ1) is 17.7. The van der Waals surface area contributed by atoms with Gasteiger partial charge < -0.3 is 14.4 Å². The molecule has 0 radical (unpaired) electrons. The van der Waals surface area contributed by atoms with Crippen molar-refractivity contribution in [2.75, 3.05) is 12.8 Å². The topological polar surface area (TPSA) is 105 Å². The van der Waals surface area contributed by atoms with E-state index >= 15 is 0 Å². The Morgan fingerprint density at radius 3 is 2.38 bits per heavy atom. The van der Waals surface area contributed by atoms with Gasteiger partial charge in [-0.1, -0.05) is 30.3 Å². The molecular weight excluding hydrogens is 334 g/mol. The molecular formula is C16H17NO6S. The van der Waals surface area contributed by atoms with Gasteiger partial charge >= 0.3 is 5.97 Å². The van der Waals surface area contributed by atoms with E-state index in [4.69, 9.17) is 9.52 Å². The standard InChI is InChI=1S/C16H17NO6S/c1-24(21,22)11-13-7-8-14(23-13)16(20)17(10-15(18)19)9-12-5-3-2-4-6-12/h2-8H,9-11H2,1H3,(H,18,19). The molecule has 0 atom stereocenters. The van der Waals surface area contributed by atoms with Crippen LogP contribution < -0.4 is 0 Å². The lowest BCUT2D eigenvalue weighted by Gasteiger charge is -2.19. The van der Waals surface area contributed by atoms with Crippen LogP contribution in [0.2, 0.25) is 0 Å². The van der Waals surface area contributed by atoms with Crippen molar-refractivity contribution in [3.8, 4) is 0 Å². The summed E-state index contributed by atoms with van der Waals surface area (Å²) in [5.74, 6) is -2.04. The fourth-order valence-electron chi connectivity index (χ4n) is 2.15. The van der Waals surface area contributed by atoms with Crippen molar-refractivity contribution in [2.24, 2.45) is 0 Å². The third-order valence-electron chi connectivity index (χ3n) is 3.11. The normalized spacial score (nSPS) is 11.2. The van der Waals surface area contributed by atoms with Gasteiger partial charge in [-0.25, -0.2) is 8.42 Å². The molecule has 24 heavy (non-hydrogen) atoms. The molecule has 0 aliphatic heterocycles. The first-order valence-electron chi connectivity index (χ1n) is 7.06. The summed E-state index contributed by atoms with van der Waals surface area (Å²) in [6, 6.07) is 11.7. The van der Waals surface area contributed by atoms with Crippen LogP contribution in [0.3, 0.4) is 0 Å². The van der Waals surface area contributed by atoms with Crippen molar-refractivity contribution in [2.45, 2.75) is 12.3 Å². The van der Waals surface area contributed by atoms with Crippen molar-refractivity contribution >= 4 is 21.7 Å². The number of carboxylic acid groups (broad SMARTS) is 1. The zero-order valence-corrected chi connectivity index (χ0v) is 13.8. The van der Waals surface area contributed by atoms with Crippen LogP contribution in [0.5, 0.6) is 0 Å². The Kier molecular flexibility index (Phi) is 5.40. The molecule has 0 bridgehead atoms. The average molecular weight is 351 g/mol. The largest absolute Gasteiger partial charge is 0.480 e. The van der Waals surface area contributed by atoms with Crippen LogP contribution in [-0.4, -0.2) is 43.1 Å². The Hall–Kier alpha value is -2.61. The Morgan fingerprint density at radius 1 is 1.12 bits per heavy atom. The minimum absolute atomic E-state index is 0.0918. The molecule has 128 valence electrons. The number of furan rings is 1. The van der Waals surface area contributed by atoms with E-state index < -0.39 is 28.3 Å². The van der Waals surface area contributed by atoms with Crippen LogP contribution in [0.1, 0.15) is 21.9 Å². The summed E-state index contributed by atoms with van der Waals surface area (Å²) in [4.78, 5) is 24.6. The highest BCUT2D eigenvalue weighted by atomic mass is 32.2. The van der Waals surface area contributed by atoms with Crippen molar-refractivity contribution in [1.29, 1.82) is 0 Å². The van der Waals surface area contributed by atoms with Gasteiger partial charge in [0.05, 0.1) is 0 Å². The third kappa shape index (κ3) is 5.24. The minimum atomic E-state index is -3.29. The summed E-state index contributed by atoms with van der Waals surface area (Å²) in [5, 5.41) is 9.01. The second kappa shape index (κ2) is 7.31. The quantitative estimate of drug-likeness (QED) is 0.811. The van der Waals surface area contributed by atoms with E-state index in [9.17, 15) is 18.0 Å². The van der Waals surface area contributed by atoms with Crippen molar-refractivity contribution < 1.29 is 27.5 Å². The first-order valence-corrected chi connectivity index (χ1v) is 9.12. The number of nitrogens with zero attached hydrogens (tertiary/aromatic N) is 1. The van der Waals surface area contributed by atoms with Gasteiger partial charge in [-0.15, -0.1) is 0 Å². The number of hydrogen-bond acceptors (Lipinski definition) is 5. The van der Waals surface area contributed by atoms with Gasteiger partial charge in [0.25, 0.3) is 5.91 Å². The molecule has 1 heterocycles. The van der Waals surface area contributed by atoms with Crippen LogP contribution in [0.4, 0.5) is 0 Å². The number of amides is 1. The van der Waals surface area contributed by atoms with Crippen LogP contribution in [-0.2, 0) is 26.9 Å². The van der Waals surface area contributed by atoms with Crippen LogP contribution in [0.25, 0.3) is 0 Å². The Labute approximate surface area is 139 Å². The van der Waals surface area contributed by atoms with Crippen molar-refractivity contribution in [3.63, 3.8) is 0 Å². The van der Waals surface area contributed by atoms with E-state index in [1.807, 2.05) is 6.07 Å². The SMILES string of the molecule is CS(=O)(=O)Cc1ccc(C(=O)N(CC(=O)O)Cc2ccccc2)o1. The molecule has 7 nitrogen and oxygen atoms in total. The highest BCUT2D eigenvalue weighted by Crippen LogP contribution is 2.15. The van der Waals surface area contributed by atoms with Gasteiger partial charge in [0.15, 0.2) is 15.6 Å². The third-order valence-corrected chi connectivity index (χ3v) is 3.92. The second-order valence-corrected chi connectivity index (χ2v) is 7.52. The van der Waals surface area contributed by atoms with Gasteiger partial charge in [-0.2, -0.15) is 0 Å². The Morgan fingerprint density at radius 2 is 1.79 bits per heavy atom. The first-order chi connectivity index (χ1) is 11.2.